The van der Waals surface area contributed by atoms with Crippen LogP contribution in [-0.4, -0.2) is 36.9 Å². The maximum absolute atomic E-state index is 12.9. The number of nitrogens with zero attached hydrogens (tertiary/aromatic N) is 1. The molecule has 19 heavy (non-hydrogen) atoms. The van der Waals surface area contributed by atoms with E-state index in [1.165, 1.54) is 6.92 Å². The van der Waals surface area contributed by atoms with Gasteiger partial charge in [0.1, 0.15) is 10.7 Å². The Labute approximate surface area is 114 Å². The number of carboxylic acids is 1. The zero-order chi connectivity index (χ0) is 14.4. The van der Waals surface area contributed by atoms with Crippen molar-refractivity contribution in [1.29, 1.82) is 0 Å². The van der Waals surface area contributed by atoms with Crippen molar-refractivity contribution < 1.29 is 22.7 Å². The highest BCUT2D eigenvalue weighted by Crippen LogP contribution is 2.36. The van der Waals surface area contributed by atoms with Crippen molar-refractivity contribution in [3.63, 3.8) is 0 Å². The Morgan fingerprint density at radius 3 is 2.53 bits per heavy atom. The Morgan fingerprint density at radius 1 is 1.47 bits per heavy atom. The van der Waals surface area contributed by atoms with Crippen molar-refractivity contribution in [2.24, 2.45) is 5.41 Å². The monoisotopic (exact) mass is 307 g/mol. The van der Waals surface area contributed by atoms with E-state index in [1.807, 2.05) is 0 Å². The number of hydrogen-bond acceptors (Lipinski definition) is 3. The Hall–Kier alpha value is -1.18. The highest BCUT2D eigenvalue weighted by atomic mass is 35.5. The number of aliphatic carboxylic acids is 1. The van der Waals surface area contributed by atoms with Gasteiger partial charge in [-0.1, -0.05) is 11.6 Å². The van der Waals surface area contributed by atoms with Crippen molar-refractivity contribution in [2.75, 3.05) is 13.1 Å². The van der Waals surface area contributed by atoms with Crippen molar-refractivity contribution in [3.05, 3.63) is 29.0 Å². The van der Waals surface area contributed by atoms with E-state index in [1.54, 1.807) is 0 Å². The average molecular weight is 308 g/mol. The van der Waals surface area contributed by atoms with Crippen LogP contribution in [0, 0.1) is 11.2 Å². The molecule has 8 heteroatoms. The highest BCUT2D eigenvalue weighted by Gasteiger charge is 2.50. The molecule has 1 aromatic rings. The lowest BCUT2D eigenvalue weighted by molar-refractivity contribution is -0.154. The first-order chi connectivity index (χ1) is 8.67. The van der Waals surface area contributed by atoms with Crippen LogP contribution >= 0.6 is 11.6 Å². The normalized spacial score (nSPS) is 18.9. The van der Waals surface area contributed by atoms with Gasteiger partial charge in [-0.15, -0.1) is 0 Å². The molecule has 1 N–H and O–H groups in total. The lowest BCUT2D eigenvalue weighted by Crippen LogP contribution is -2.60. The average Bonchev–Trinajstić information content (AvgIpc) is 2.23. The summed E-state index contributed by atoms with van der Waals surface area (Å²) in [4.78, 5) is 10.7. The molecule has 0 spiro atoms. The van der Waals surface area contributed by atoms with Crippen LogP contribution in [0.4, 0.5) is 4.39 Å². The maximum Gasteiger partial charge on any atom is 0.312 e. The van der Waals surface area contributed by atoms with E-state index in [0.717, 1.165) is 22.5 Å². The number of carbonyl (C=O) groups is 1. The first-order valence-corrected chi connectivity index (χ1v) is 7.17. The van der Waals surface area contributed by atoms with Gasteiger partial charge in [-0.3, -0.25) is 4.79 Å². The van der Waals surface area contributed by atoms with E-state index < -0.39 is 27.2 Å². The third-order valence-electron chi connectivity index (χ3n) is 3.08. The van der Waals surface area contributed by atoms with E-state index in [-0.39, 0.29) is 23.0 Å². The molecule has 1 saturated heterocycles. The number of halogens is 2. The number of rotatable bonds is 3. The van der Waals surface area contributed by atoms with Crippen molar-refractivity contribution >= 4 is 27.6 Å². The molecule has 0 radical (unpaired) electrons. The maximum atomic E-state index is 12.9. The molecule has 5 nitrogen and oxygen atoms in total. The molecule has 1 aromatic carbocycles. The van der Waals surface area contributed by atoms with Gasteiger partial charge in [0.15, 0.2) is 0 Å². The quantitative estimate of drug-likeness (QED) is 0.920. The topological polar surface area (TPSA) is 74.7 Å². The molecule has 0 saturated carbocycles. The molecule has 1 fully saturated rings. The molecule has 1 heterocycles. The third kappa shape index (κ3) is 2.33. The molecule has 0 aromatic heterocycles. The molecular formula is C11H11ClFNO4S. The van der Waals surface area contributed by atoms with Crippen LogP contribution in [0.15, 0.2) is 23.1 Å². The van der Waals surface area contributed by atoms with Crippen LogP contribution in [0.3, 0.4) is 0 Å². The van der Waals surface area contributed by atoms with Crippen LogP contribution < -0.4 is 0 Å². The zero-order valence-corrected chi connectivity index (χ0v) is 11.5. The summed E-state index contributed by atoms with van der Waals surface area (Å²) in [6.45, 7) is 1.21. The summed E-state index contributed by atoms with van der Waals surface area (Å²) >= 11 is 5.71. The Kier molecular flexibility index (Phi) is 3.32. The second kappa shape index (κ2) is 4.43. The summed E-state index contributed by atoms with van der Waals surface area (Å²) in [5, 5.41) is 8.72. The fourth-order valence-electron chi connectivity index (χ4n) is 1.86. The van der Waals surface area contributed by atoms with Crippen molar-refractivity contribution in [3.8, 4) is 0 Å². The van der Waals surface area contributed by atoms with Gasteiger partial charge in [-0.25, -0.2) is 12.8 Å². The molecule has 0 bridgehead atoms. The van der Waals surface area contributed by atoms with Gasteiger partial charge < -0.3 is 5.11 Å². The van der Waals surface area contributed by atoms with E-state index in [9.17, 15) is 17.6 Å². The predicted octanol–water partition coefficient (Wildman–Crippen LogP) is 1.57. The third-order valence-corrected chi connectivity index (χ3v) is 5.35. The Balaban J connectivity index is 2.29. The van der Waals surface area contributed by atoms with Crippen LogP contribution in [0.1, 0.15) is 6.92 Å². The fraction of sp³-hybridized carbons (Fsp3) is 0.364. The number of sulfonamides is 1. The minimum Gasteiger partial charge on any atom is -0.481 e. The standard InChI is InChI=1S/C11H11ClFNO4S/c1-11(10(15)16)5-14(6-11)19(17,18)9-3-2-7(13)4-8(9)12/h2-4H,5-6H2,1H3,(H,15,16). The van der Waals surface area contributed by atoms with Crippen molar-refractivity contribution in [1.82, 2.24) is 4.31 Å². The molecule has 104 valence electrons. The van der Waals surface area contributed by atoms with Crippen LogP contribution in [0.25, 0.3) is 0 Å². The molecule has 0 aliphatic carbocycles. The molecule has 1 aliphatic heterocycles. The molecule has 1 aliphatic rings. The highest BCUT2D eigenvalue weighted by molar-refractivity contribution is 7.89. The molecule has 0 atom stereocenters. The second-order valence-corrected chi connectivity index (χ2v) is 7.03. The summed E-state index contributed by atoms with van der Waals surface area (Å²) in [5.74, 6) is -1.69. The Morgan fingerprint density at radius 2 is 2.05 bits per heavy atom. The van der Waals surface area contributed by atoms with Gasteiger partial charge in [0.2, 0.25) is 10.0 Å². The van der Waals surface area contributed by atoms with Gasteiger partial charge in [0, 0.05) is 13.1 Å². The fourth-order valence-corrected chi connectivity index (χ4v) is 4.05. The van der Waals surface area contributed by atoms with Crippen LogP contribution in [-0.2, 0) is 14.8 Å². The zero-order valence-electron chi connectivity index (χ0n) is 9.93. The molecular weight excluding hydrogens is 297 g/mol. The van der Waals surface area contributed by atoms with Gasteiger partial charge in [-0.05, 0) is 25.1 Å². The van der Waals surface area contributed by atoms with E-state index in [2.05, 4.69) is 0 Å². The molecule has 0 amide bonds. The van der Waals surface area contributed by atoms with Gasteiger partial charge in [0.25, 0.3) is 0 Å². The SMILES string of the molecule is CC1(C(=O)O)CN(S(=O)(=O)c2ccc(F)cc2Cl)C1. The second-order valence-electron chi connectivity index (χ2n) is 4.71. The lowest BCUT2D eigenvalue weighted by atomic mass is 9.84. The first-order valence-electron chi connectivity index (χ1n) is 5.35. The number of hydrogen-bond donors (Lipinski definition) is 1. The summed E-state index contributed by atoms with van der Waals surface area (Å²) in [7, 11) is -3.88. The van der Waals surface area contributed by atoms with Crippen LogP contribution in [0.2, 0.25) is 5.02 Å². The smallest absolute Gasteiger partial charge is 0.312 e. The lowest BCUT2D eigenvalue weighted by Gasteiger charge is -2.43. The largest absolute Gasteiger partial charge is 0.481 e. The predicted molar refractivity (Wildman–Crippen MR) is 65.9 cm³/mol. The minimum atomic E-state index is -3.88. The summed E-state index contributed by atoms with van der Waals surface area (Å²) in [5.41, 5.74) is -1.08. The minimum absolute atomic E-state index is 0.127. The first kappa shape index (κ1) is 14.2. The van der Waals surface area contributed by atoms with Crippen molar-refractivity contribution in [2.45, 2.75) is 11.8 Å². The van der Waals surface area contributed by atoms with Gasteiger partial charge in [-0.2, -0.15) is 4.31 Å². The van der Waals surface area contributed by atoms with E-state index in [0.29, 0.717) is 0 Å². The Bertz CT molecular complexity index is 640. The van der Waals surface area contributed by atoms with Gasteiger partial charge >= 0.3 is 5.97 Å². The number of carboxylic acid groups (broad SMARTS) is 1. The summed E-state index contributed by atoms with van der Waals surface area (Å²) in [6, 6.07) is 2.98. The van der Waals surface area contributed by atoms with E-state index in [4.69, 9.17) is 16.7 Å². The summed E-state index contributed by atoms with van der Waals surface area (Å²) in [6.07, 6.45) is 0. The van der Waals surface area contributed by atoms with E-state index >= 15 is 0 Å². The molecule has 2 rings (SSSR count). The van der Waals surface area contributed by atoms with Gasteiger partial charge in [0.05, 0.1) is 10.4 Å². The summed E-state index contributed by atoms with van der Waals surface area (Å²) < 4.78 is 38.3. The van der Waals surface area contributed by atoms with Crippen LogP contribution in [0.5, 0.6) is 0 Å². The molecule has 0 unspecified atom stereocenters. The number of benzene rings is 1.